The van der Waals surface area contributed by atoms with Crippen LogP contribution in [0, 0.1) is 0 Å². The lowest BCUT2D eigenvalue weighted by Gasteiger charge is -2.16. The number of carbonyl (C=O) groups is 2. The molecule has 0 saturated carbocycles. The molecule has 1 aromatic rings. The van der Waals surface area contributed by atoms with Gasteiger partial charge in [0.05, 0.1) is 10.6 Å². The largest absolute Gasteiger partial charge is 0.320 e. The number of fused-ring (bicyclic) bond motifs is 1. The standard InChI is InChI=1S/C11H11NO4S/c13-7-11(14)12-9-3-4-10-8(6-9)2-1-5-17(10,15)16/h3-4,6-7H,1-2,5H2,(H,12,14). The lowest BCUT2D eigenvalue weighted by Crippen LogP contribution is -2.17. The van der Waals surface area contributed by atoms with Gasteiger partial charge in [0.1, 0.15) is 0 Å². The second-order valence-corrected chi connectivity index (χ2v) is 5.93. The van der Waals surface area contributed by atoms with E-state index in [9.17, 15) is 18.0 Å². The fourth-order valence-electron chi connectivity index (χ4n) is 1.89. The van der Waals surface area contributed by atoms with Crippen LogP contribution in [0.3, 0.4) is 0 Å². The molecule has 5 nitrogen and oxygen atoms in total. The first-order valence-electron chi connectivity index (χ1n) is 5.15. The van der Waals surface area contributed by atoms with Crippen molar-refractivity contribution in [2.24, 2.45) is 0 Å². The Balaban J connectivity index is 2.38. The molecule has 17 heavy (non-hydrogen) atoms. The van der Waals surface area contributed by atoms with E-state index in [1.807, 2.05) is 0 Å². The summed E-state index contributed by atoms with van der Waals surface area (Å²) >= 11 is 0. The minimum atomic E-state index is -3.18. The van der Waals surface area contributed by atoms with Gasteiger partial charge in [0.2, 0.25) is 6.29 Å². The Kier molecular flexibility index (Phi) is 2.97. The third kappa shape index (κ3) is 2.36. The Morgan fingerprint density at radius 3 is 2.82 bits per heavy atom. The average molecular weight is 253 g/mol. The number of aryl methyl sites for hydroxylation is 1. The lowest BCUT2D eigenvalue weighted by molar-refractivity contribution is -0.127. The first-order chi connectivity index (χ1) is 8.03. The summed E-state index contributed by atoms with van der Waals surface area (Å²) in [6.07, 6.45) is 1.43. The predicted octanol–water partition coefficient (Wildman–Crippen LogP) is 0.544. The number of aldehydes is 1. The van der Waals surface area contributed by atoms with Crippen LogP contribution in [0.1, 0.15) is 12.0 Å². The second-order valence-electron chi connectivity index (χ2n) is 3.85. The number of carbonyl (C=O) groups excluding carboxylic acids is 2. The maximum Gasteiger partial charge on any atom is 0.288 e. The van der Waals surface area contributed by atoms with E-state index in [2.05, 4.69) is 5.32 Å². The molecule has 0 radical (unpaired) electrons. The molecule has 0 spiro atoms. The molecule has 2 rings (SSSR count). The zero-order valence-electron chi connectivity index (χ0n) is 8.97. The second kappa shape index (κ2) is 4.29. The Morgan fingerprint density at radius 1 is 1.35 bits per heavy atom. The van der Waals surface area contributed by atoms with Crippen LogP contribution in [-0.2, 0) is 25.8 Å². The van der Waals surface area contributed by atoms with Crippen LogP contribution < -0.4 is 5.32 Å². The summed E-state index contributed by atoms with van der Waals surface area (Å²) in [4.78, 5) is 21.4. The number of rotatable bonds is 2. The van der Waals surface area contributed by atoms with Gasteiger partial charge in [0.25, 0.3) is 5.91 Å². The summed E-state index contributed by atoms with van der Waals surface area (Å²) < 4.78 is 23.4. The molecule has 0 aliphatic carbocycles. The van der Waals surface area contributed by atoms with Crippen molar-refractivity contribution in [3.8, 4) is 0 Å². The molecule has 1 amide bonds. The molecule has 0 saturated heterocycles. The molecule has 90 valence electrons. The lowest BCUT2D eigenvalue weighted by atomic mass is 10.1. The molecule has 0 atom stereocenters. The first kappa shape index (κ1) is 11.8. The van der Waals surface area contributed by atoms with E-state index < -0.39 is 15.7 Å². The van der Waals surface area contributed by atoms with Crippen LogP contribution in [0.4, 0.5) is 5.69 Å². The van der Waals surface area contributed by atoms with Crippen molar-refractivity contribution >= 4 is 27.7 Å². The zero-order valence-corrected chi connectivity index (χ0v) is 9.79. The third-order valence-electron chi connectivity index (χ3n) is 2.63. The summed E-state index contributed by atoms with van der Waals surface area (Å²) in [5.74, 6) is -0.580. The van der Waals surface area contributed by atoms with Gasteiger partial charge in [-0.3, -0.25) is 9.59 Å². The first-order valence-corrected chi connectivity index (χ1v) is 6.80. The van der Waals surface area contributed by atoms with E-state index in [0.717, 1.165) is 0 Å². The number of hydrogen-bond donors (Lipinski definition) is 1. The highest BCUT2D eigenvalue weighted by atomic mass is 32.2. The number of hydrogen-bond acceptors (Lipinski definition) is 4. The van der Waals surface area contributed by atoms with Gasteiger partial charge in [0, 0.05) is 5.69 Å². The Bertz CT molecular complexity index is 577. The highest BCUT2D eigenvalue weighted by molar-refractivity contribution is 7.91. The van der Waals surface area contributed by atoms with Crippen LogP contribution in [-0.4, -0.2) is 26.4 Å². The molecule has 0 unspecified atom stereocenters. The van der Waals surface area contributed by atoms with E-state index in [-0.39, 0.29) is 12.0 Å². The molecule has 1 N–H and O–H groups in total. The number of amides is 1. The highest BCUT2D eigenvalue weighted by Gasteiger charge is 2.23. The van der Waals surface area contributed by atoms with Crippen LogP contribution in [0.25, 0.3) is 0 Å². The minimum Gasteiger partial charge on any atom is -0.320 e. The molecule has 0 fully saturated rings. The molecular formula is C11H11NO4S. The molecule has 1 aliphatic rings. The van der Waals surface area contributed by atoms with Crippen LogP contribution >= 0.6 is 0 Å². The number of benzene rings is 1. The smallest absolute Gasteiger partial charge is 0.288 e. The average Bonchev–Trinajstić information content (AvgIpc) is 2.28. The van der Waals surface area contributed by atoms with Gasteiger partial charge in [-0.25, -0.2) is 8.42 Å². The Morgan fingerprint density at radius 2 is 2.12 bits per heavy atom. The van der Waals surface area contributed by atoms with Crippen molar-refractivity contribution in [2.45, 2.75) is 17.7 Å². The van der Waals surface area contributed by atoms with Crippen molar-refractivity contribution in [1.82, 2.24) is 0 Å². The van der Waals surface area contributed by atoms with Crippen molar-refractivity contribution in [1.29, 1.82) is 0 Å². The summed E-state index contributed by atoms with van der Waals surface area (Å²) in [5.41, 5.74) is 1.14. The maximum absolute atomic E-state index is 11.7. The van der Waals surface area contributed by atoms with Crippen molar-refractivity contribution in [2.75, 3.05) is 11.1 Å². The molecule has 1 aromatic carbocycles. The fraction of sp³-hybridized carbons (Fsp3) is 0.273. The highest BCUT2D eigenvalue weighted by Crippen LogP contribution is 2.27. The van der Waals surface area contributed by atoms with Gasteiger partial charge in [-0.2, -0.15) is 0 Å². The summed E-state index contributed by atoms with van der Waals surface area (Å²) in [6.45, 7) is 0. The van der Waals surface area contributed by atoms with E-state index in [0.29, 0.717) is 29.0 Å². The number of nitrogens with one attached hydrogen (secondary N) is 1. The normalized spacial score (nSPS) is 16.9. The summed E-state index contributed by atoms with van der Waals surface area (Å²) in [7, 11) is -3.18. The Hall–Kier alpha value is -1.69. The molecule has 1 aliphatic heterocycles. The van der Waals surface area contributed by atoms with E-state index in [1.54, 1.807) is 6.07 Å². The molecule has 0 bridgehead atoms. The molecule has 6 heteroatoms. The Labute approximate surface area is 98.7 Å². The van der Waals surface area contributed by atoms with Crippen LogP contribution in [0.15, 0.2) is 23.1 Å². The summed E-state index contributed by atoms with van der Waals surface area (Å²) in [6, 6.07) is 4.57. The quantitative estimate of drug-likeness (QED) is 0.616. The molecular weight excluding hydrogens is 242 g/mol. The van der Waals surface area contributed by atoms with Crippen molar-refractivity contribution < 1.29 is 18.0 Å². The van der Waals surface area contributed by atoms with Crippen molar-refractivity contribution in [3.05, 3.63) is 23.8 Å². The van der Waals surface area contributed by atoms with Gasteiger partial charge >= 0.3 is 0 Å². The van der Waals surface area contributed by atoms with Gasteiger partial charge < -0.3 is 5.32 Å². The number of sulfone groups is 1. The van der Waals surface area contributed by atoms with Gasteiger partial charge in [-0.15, -0.1) is 0 Å². The van der Waals surface area contributed by atoms with Crippen LogP contribution in [0.5, 0.6) is 0 Å². The minimum absolute atomic E-state index is 0.167. The monoisotopic (exact) mass is 253 g/mol. The topological polar surface area (TPSA) is 80.3 Å². The zero-order chi connectivity index (χ0) is 12.5. The van der Waals surface area contributed by atoms with Crippen molar-refractivity contribution in [3.63, 3.8) is 0 Å². The molecule has 1 heterocycles. The van der Waals surface area contributed by atoms with Gasteiger partial charge in [0.15, 0.2) is 9.84 Å². The number of anilines is 1. The van der Waals surface area contributed by atoms with Gasteiger partial charge in [-0.05, 0) is 36.6 Å². The predicted molar refractivity (Wildman–Crippen MR) is 61.5 cm³/mol. The van der Waals surface area contributed by atoms with E-state index >= 15 is 0 Å². The van der Waals surface area contributed by atoms with E-state index in [1.165, 1.54) is 12.1 Å². The van der Waals surface area contributed by atoms with Crippen LogP contribution in [0.2, 0.25) is 0 Å². The van der Waals surface area contributed by atoms with Gasteiger partial charge in [-0.1, -0.05) is 0 Å². The SMILES string of the molecule is O=CC(=O)Nc1ccc2c(c1)CCCS2(=O)=O. The molecule has 0 aromatic heterocycles. The summed E-state index contributed by atoms with van der Waals surface area (Å²) in [5, 5.41) is 2.37. The van der Waals surface area contributed by atoms with E-state index in [4.69, 9.17) is 0 Å². The fourth-order valence-corrected chi connectivity index (χ4v) is 3.47. The third-order valence-corrected chi connectivity index (χ3v) is 4.52. The maximum atomic E-state index is 11.7.